The van der Waals surface area contributed by atoms with Crippen LogP contribution in [-0.2, 0) is 45.1 Å². The van der Waals surface area contributed by atoms with Gasteiger partial charge in [-0.3, -0.25) is 0 Å². The number of hydrogen-bond donors (Lipinski definition) is 0. The molecule has 0 unspecified atom stereocenters. The zero-order valence-electron chi connectivity index (χ0n) is 35.8. The maximum Gasteiger partial charge on any atom is 2.00 e. The minimum absolute atomic E-state index is 0. The molecule has 0 saturated carbocycles. The van der Waals surface area contributed by atoms with Gasteiger partial charge in [0.2, 0.25) is 0 Å². The molecule has 8 aromatic rings. The zero-order chi connectivity index (χ0) is 50.2. The number of carbonyl (C=O) groups excluding carboxylic acids is 1. The normalized spacial score (nSPS) is 11.4. The van der Waals surface area contributed by atoms with Crippen LogP contribution >= 0.6 is 15.8 Å². The minimum atomic E-state index is -5.06. The Kier molecular flexibility index (Phi) is 20.7. The van der Waals surface area contributed by atoms with E-state index in [2.05, 4.69) is 182 Å². The van der Waals surface area contributed by atoms with Crippen LogP contribution in [0.15, 0.2) is 218 Å². The van der Waals surface area contributed by atoms with E-state index in [0.29, 0.717) is 12.1 Å². The summed E-state index contributed by atoms with van der Waals surface area (Å²) < 4.78 is 145. The van der Waals surface area contributed by atoms with Crippen molar-refractivity contribution in [3.05, 3.63) is 252 Å². The number of alkyl halides is 12. The summed E-state index contributed by atoms with van der Waals surface area (Å²) in [6, 6.07) is 67.5. The second kappa shape index (κ2) is 25.7. The molecule has 8 rings (SSSR count). The number of halogens is 12. The number of aromatic carboxylic acids is 1. The molecule has 0 saturated heterocycles. The van der Waals surface area contributed by atoms with Gasteiger partial charge in [-0.1, -0.05) is 193 Å². The standard InChI is InChI=1S/2C18H15P.C9H4F6O2.C8H3F6.Pd/c2*1-4-10-16(11-5-1)19(17-12-6-2-7-13-17)18-14-8-3-9-15-18;10-8(11,12)5-1-4(7(16)17)2-6(3-5)9(13,14)15;9-7(10,11)5-2-1-3-6(4-5)8(12,13)14;/h2*1-15H;1-3H,(H,16,17);2-4H;/q;;;-1;+2/p-1. The molecule has 0 aromatic heterocycles. The van der Waals surface area contributed by atoms with E-state index >= 15 is 0 Å². The van der Waals surface area contributed by atoms with E-state index in [1.807, 2.05) is 0 Å². The molecule has 0 aliphatic heterocycles. The van der Waals surface area contributed by atoms with Gasteiger partial charge in [0.15, 0.2) is 0 Å². The summed E-state index contributed by atoms with van der Waals surface area (Å²) in [5.74, 6) is -2.11. The molecule has 0 amide bonds. The van der Waals surface area contributed by atoms with Crippen molar-refractivity contribution < 1.29 is 83.0 Å². The Balaban J connectivity index is 0.000000204. The van der Waals surface area contributed by atoms with Crippen molar-refractivity contribution in [1.29, 1.82) is 0 Å². The van der Waals surface area contributed by atoms with Crippen LogP contribution in [0.3, 0.4) is 0 Å². The minimum Gasteiger partial charge on any atom is -0.545 e. The van der Waals surface area contributed by atoms with E-state index in [1.165, 1.54) is 31.8 Å². The van der Waals surface area contributed by atoms with Crippen LogP contribution < -0.4 is 36.9 Å². The van der Waals surface area contributed by atoms with Gasteiger partial charge in [0.05, 0.1) is 17.1 Å². The molecule has 0 bridgehead atoms. The van der Waals surface area contributed by atoms with E-state index in [4.69, 9.17) is 0 Å². The molecule has 0 aliphatic carbocycles. The van der Waals surface area contributed by atoms with Crippen LogP contribution in [0, 0.1) is 6.07 Å². The molecular weight excluding hydrogens is 1060 g/mol. The third kappa shape index (κ3) is 17.1. The van der Waals surface area contributed by atoms with Gasteiger partial charge in [-0.25, -0.2) is 0 Å². The van der Waals surface area contributed by atoms with Gasteiger partial charge in [0.25, 0.3) is 0 Å². The summed E-state index contributed by atoms with van der Waals surface area (Å²) in [7, 11) is -0.892. The summed E-state index contributed by atoms with van der Waals surface area (Å²) >= 11 is 0. The van der Waals surface area contributed by atoms with Gasteiger partial charge in [0, 0.05) is 0 Å². The van der Waals surface area contributed by atoms with Gasteiger partial charge in [-0.2, -0.15) is 70.9 Å². The van der Waals surface area contributed by atoms with Gasteiger partial charge < -0.3 is 9.90 Å². The van der Waals surface area contributed by atoms with Crippen molar-refractivity contribution in [2.24, 2.45) is 0 Å². The third-order valence-corrected chi connectivity index (χ3v) is 14.2. The first-order valence-corrected chi connectivity index (χ1v) is 22.9. The fraction of sp³-hybridized carbons (Fsp3) is 0.0755. The zero-order valence-corrected chi connectivity index (χ0v) is 39.2. The molecule has 364 valence electrons. The summed E-state index contributed by atoms with van der Waals surface area (Å²) in [5, 5.41) is 18.7. The maximum atomic E-state index is 12.2. The fourth-order valence-corrected chi connectivity index (χ4v) is 10.8. The number of benzene rings is 8. The Labute approximate surface area is 411 Å². The predicted molar refractivity (Wildman–Crippen MR) is 246 cm³/mol. The molecule has 70 heavy (non-hydrogen) atoms. The number of rotatable bonds is 7. The summed E-state index contributed by atoms with van der Waals surface area (Å²) in [4.78, 5) is 10.3. The van der Waals surface area contributed by atoms with E-state index < -0.39 is 74.3 Å². The Morgan fingerprint density at radius 1 is 0.343 bits per heavy atom. The summed E-state index contributed by atoms with van der Waals surface area (Å²) in [6.45, 7) is 0. The third-order valence-electron chi connectivity index (χ3n) is 9.35. The molecule has 17 heteroatoms. The van der Waals surface area contributed by atoms with E-state index in [9.17, 15) is 62.6 Å². The van der Waals surface area contributed by atoms with E-state index in [0.717, 1.165) is 0 Å². The van der Waals surface area contributed by atoms with Crippen LogP contribution in [0.2, 0.25) is 0 Å². The van der Waals surface area contributed by atoms with Gasteiger partial charge in [0.1, 0.15) is 0 Å². The van der Waals surface area contributed by atoms with E-state index in [-0.39, 0.29) is 44.7 Å². The second-order valence-electron chi connectivity index (χ2n) is 14.3. The Morgan fingerprint density at radius 3 is 0.729 bits per heavy atom. The van der Waals surface area contributed by atoms with Gasteiger partial charge in [-0.15, -0.1) is 6.07 Å². The topological polar surface area (TPSA) is 40.1 Å². The largest absolute Gasteiger partial charge is 2.00 e. The van der Waals surface area contributed by atoms with E-state index in [1.54, 1.807) is 6.07 Å². The summed E-state index contributed by atoms with van der Waals surface area (Å²) in [6.07, 6.45) is -19.7. The fourth-order valence-electron chi connectivity index (χ4n) is 6.23. The predicted octanol–water partition coefficient (Wildman–Crippen LogP) is 12.5. The van der Waals surface area contributed by atoms with Crippen LogP contribution in [0.1, 0.15) is 32.6 Å². The average molecular weight is 1100 g/mol. The molecule has 0 fully saturated rings. The van der Waals surface area contributed by atoms with Crippen molar-refractivity contribution >= 4 is 53.6 Å². The van der Waals surface area contributed by atoms with Gasteiger partial charge >= 0.3 is 45.1 Å². The van der Waals surface area contributed by atoms with Crippen molar-refractivity contribution in [3.8, 4) is 0 Å². The van der Waals surface area contributed by atoms with Crippen molar-refractivity contribution in [2.45, 2.75) is 24.7 Å². The smallest absolute Gasteiger partial charge is 0.545 e. The Morgan fingerprint density at radius 2 is 0.543 bits per heavy atom. The molecular formula is C53H36F12O2P2Pd. The van der Waals surface area contributed by atoms with Crippen LogP contribution in [0.4, 0.5) is 52.7 Å². The molecule has 0 spiro atoms. The first-order chi connectivity index (χ1) is 32.6. The number of hydrogen-bond acceptors (Lipinski definition) is 2. The number of carboxylic acid groups (broad SMARTS) is 1. The molecule has 8 aromatic carbocycles. The molecule has 0 aliphatic rings. The van der Waals surface area contributed by atoms with Crippen molar-refractivity contribution in [1.82, 2.24) is 0 Å². The Bertz CT molecular complexity index is 2430. The maximum absolute atomic E-state index is 12.2. The number of carboxylic acids is 1. The van der Waals surface area contributed by atoms with Gasteiger partial charge in [-0.05, 0) is 71.4 Å². The second-order valence-corrected chi connectivity index (χ2v) is 18.7. The van der Waals surface area contributed by atoms with Crippen LogP contribution in [0.25, 0.3) is 0 Å². The van der Waals surface area contributed by atoms with Crippen LogP contribution in [0.5, 0.6) is 0 Å². The summed E-state index contributed by atoms with van der Waals surface area (Å²) in [5.41, 5.74) is -7.26. The molecule has 0 radical (unpaired) electrons. The average Bonchev–Trinajstić information content (AvgIpc) is 3.33. The monoisotopic (exact) mass is 1100 g/mol. The number of carbonyl (C=O) groups is 1. The molecule has 0 heterocycles. The van der Waals surface area contributed by atoms with Crippen molar-refractivity contribution in [3.63, 3.8) is 0 Å². The molecule has 2 nitrogen and oxygen atoms in total. The molecule has 0 atom stereocenters. The van der Waals surface area contributed by atoms with Crippen molar-refractivity contribution in [2.75, 3.05) is 0 Å². The SMILES string of the molecule is FC(F)(F)c1c[c-]cc(C(F)(F)F)c1.O=C([O-])c1cc(C(F)(F)F)cc(C(F)(F)F)c1.[Pd+2].c1ccc(P(c2ccccc2)c2ccccc2)cc1.c1ccc(P(c2ccccc2)c2ccccc2)cc1. The first-order valence-electron chi connectivity index (χ1n) is 20.2. The Hall–Kier alpha value is -6.09. The van der Waals surface area contributed by atoms with Crippen LogP contribution in [-0.4, -0.2) is 5.97 Å². The first kappa shape index (κ1) is 56.5. The quantitative estimate of drug-likeness (QED) is 0.0691. The molecule has 0 N–H and O–H groups in total.